The molecule has 0 saturated carbocycles. The number of hydrogen-bond donors (Lipinski definition) is 0. The lowest BCUT2D eigenvalue weighted by Gasteiger charge is -2.26. The Kier molecular flexibility index (Phi) is 8.20. The maximum absolute atomic E-state index is 13.0. The van der Waals surface area contributed by atoms with Crippen molar-refractivity contribution in [1.82, 2.24) is 9.47 Å². The molecule has 0 N–H and O–H groups in total. The highest BCUT2D eigenvalue weighted by Crippen LogP contribution is 2.18. The average Bonchev–Trinajstić information content (AvgIpc) is 3.09. The maximum atomic E-state index is 13.0. The van der Waals surface area contributed by atoms with Gasteiger partial charge in [-0.15, -0.1) is 6.58 Å². The standard InChI is InChI=1S/C23H32N2O/c1-4-7-14-21(6-3)23(26)25(16-5-2)19-22-15-11-17-24(22)18-20-12-9-8-10-13-20/h5,8-13,15,17,21H,2,4,6-7,14,16,18-19H2,1,3H3. The molecule has 0 saturated heterocycles. The van der Waals surface area contributed by atoms with Crippen molar-refractivity contribution in [3.05, 3.63) is 72.6 Å². The summed E-state index contributed by atoms with van der Waals surface area (Å²) in [4.78, 5) is 15.0. The largest absolute Gasteiger partial charge is 0.345 e. The molecule has 0 radical (unpaired) electrons. The van der Waals surface area contributed by atoms with Crippen molar-refractivity contribution < 1.29 is 4.79 Å². The van der Waals surface area contributed by atoms with Gasteiger partial charge in [-0.25, -0.2) is 0 Å². The Morgan fingerprint density at radius 1 is 1.19 bits per heavy atom. The van der Waals surface area contributed by atoms with Crippen LogP contribution in [0.25, 0.3) is 0 Å². The summed E-state index contributed by atoms with van der Waals surface area (Å²) in [7, 11) is 0. The number of unbranched alkanes of at least 4 members (excludes halogenated alkanes) is 1. The Morgan fingerprint density at radius 2 is 1.96 bits per heavy atom. The number of carbonyl (C=O) groups is 1. The van der Waals surface area contributed by atoms with Gasteiger partial charge in [-0.1, -0.05) is 63.1 Å². The van der Waals surface area contributed by atoms with Crippen molar-refractivity contribution in [2.75, 3.05) is 6.54 Å². The molecule has 140 valence electrons. The van der Waals surface area contributed by atoms with Crippen LogP contribution in [0.3, 0.4) is 0 Å². The van der Waals surface area contributed by atoms with E-state index >= 15 is 0 Å². The fraction of sp³-hybridized carbons (Fsp3) is 0.435. The summed E-state index contributed by atoms with van der Waals surface area (Å²) in [6.45, 7) is 10.2. The van der Waals surface area contributed by atoms with Crippen LogP contribution in [0.15, 0.2) is 61.3 Å². The maximum Gasteiger partial charge on any atom is 0.226 e. The number of hydrogen-bond acceptors (Lipinski definition) is 1. The first kappa shape index (κ1) is 20.0. The predicted octanol–water partition coefficient (Wildman–Crippen LogP) is 5.27. The van der Waals surface area contributed by atoms with E-state index in [0.717, 1.165) is 37.9 Å². The van der Waals surface area contributed by atoms with Crippen molar-refractivity contribution in [2.45, 2.75) is 52.6 Å². The molecule has 1 heterocycles. The third-order valence-corrected chi connectivity index (χ3v) is 4.88. The van der Waals surface area contributed by atoms with Crippen LogP contribution in [0.5, 0.6) is 0 Å². The van der Waals surface area contributed by atoms with Crippen LogP contribution in [-0.2, 0) is 17.9 Å². The Morgan fingerprint density at radius 3 is 2.62 bits per heavy atom. The highest BCUT2D eigenvalue weighted by molar-refractivity contribution is 5.78. The minimum Gasteiger partial charge on any atom is -0.345 e. The van der Waals surface area contributed by atoms with Gasteiger partial charge >= 0.3 is 0 Å². The number of rotatable bonds is 11. The van der Waals surface area contributed by atoms with Crippen molar-refractivity contribution in [3.8, 4) is 0 Å². The predicted molar refractivity (Wildman–Crippen MR) is 109 cm³/mol. The first-order valence-electron chi connectivity index (χ1n) is 9.77. The molecule has 3 heteroatoms. The number of benzene rings is 1. The van der Waals surface area contributed by atoms with Gasteiger partial charge < -0.3 is 9.47 Å². The second-order valence-electron chi connectivity index (χ2n) is 6.87. The number of amides is 1. The first-order chi connectivity index (χ1) is 12.7. The minimum absolute atomic E-state index is 0.118. The van der Waals surface area contributed by atoms with Gasteiger partial charge in [0.15, 0.2) is 0 Å². The molecule has 1 amide bonds. The third-order valence-electron chi connectivity index (χ3n) is 4.88. The molecule has 1 aromatic carbocycles. The second-order valence-corrected chi connectivity index (χ2v) is 6.87. The molecule has 0 spiro atoms. The lowest BCUT2D eigenvalue weighted by Crippen LogP contribution is -2.36. The van der Waals surface area contributed by atoms with Crippen LogP contribution in [-0.4, -0.2) is 21.9 Å². The van der Waals surface area contributed by atoms with Crippen molar-refractivity contribution in [1.29, 1.82) is 0 Å². The summed E-state index contributed by atoms with van der Waals surface area (Å²) in [5.74, 6) is 0.376. The summed E-state index contributed by atoms with van der Waals surface area (Å²) < 4.78 is 2.23. The molecular weight excluding hydrogens is 320 g/mol. The molecule has 0 aliphatic heterocycles. The highest BCUT2D eigenvalue weighted by Gasteiger charge is 2.22. The smallest absolute Gasteiger partial charge is 0.226 e. The Bertz CT molecular complexity index is 675. The zero-order chi connectivity index (χ0) is 18.8. The number of nitrogens with zero attached hydrogens (tertiary/aromatic N) is 2. The van der Waals surface area contributed by atoms with E-state index in [0.29, 0.717) is 13.1 Å². The molecule has 0 aliphatic carbocycles. The summed E-state index contributed by atoms with van der Waals surface area (Å²) in [5, 5.41) is 0. The van der Waals surface area contributed by atoms with Crippen LogP contribution in [0.1, 0.15) is 50.8 Å². The zero-order valence-electron chi connectivity index (χ0n) is 16.2. The summed E-state index contributed by atoms with van der Waals surface area (Å²) in [5.41, 5.74) is 2.43. The molecule has 3 nitrogen and oxygen atoms in total. The fourth-order valence-corrected chi connectivity index (χ4v) is 3.32. The van der Waals surface area contributed by atoms with Crippen LogP contribution >= 0.6 is 0 Å². The summed E-state index contributed by atoms with van der Waals surface area (Å²) in [6, 6.07) is 14.6. The van der Waals surface area contributed by atoms with Crippen molar-refractivity contribution in [2.24, 2.45) is 5.92 Å². The topological polar surface area (TPSA) is 25.2 Å². The lowest BCUT2D eigenvalue weighted by molar-refractivity contribution is -0.136. The van der Waals surface area contributed by atoms with Crippen LogP contribution in [0.2, 0.25) is 0 Å². The van der Waals surface area contributed by atoms with E-state index in [1.54, 1.807) is 0 Å². The molecule has 1 aromatic heterocycles. The Balaban J connectivity index is 2.11. The van der Waals surface area contributed by atoms with Gasteiger partial charge in [0, 0.05) is 30.9 Å². The van der Waals surface area contributed by atoms with E-state index in [4.69, 9.17) is 0 Å². The lowest BCUT2D eigenvalue weighted by atomic mass is 9.97. The van der Waals surface area contributed by atoms with Crippen LogP contribution in [0.4, 0.5) is 0 Å². The van der Waals surface area contributed by atoms with Gasteiger partial charge in [-0.2, -0.15) is 0 Å². The molecule has 26 heavy (non-hydrogen) atoms. The summed E-state index contributed by atoms with van der Waals surface area (Å²) in [6.07, 6.45) is 8.03. The Labute approximate surface area is 158 Å². The van der Waals surface area contributed by atoms with E-state index in [9.17, 15) is 4.79 Å². The van der Waals surface area contributed by atoms with E-state index < -0.39 is 0 Å². The van der Waals surface area contributed by atoms with Gasteiger partial charge in [0.05, 0.1) is 6.54 Å². The molecule has 0 bridgehead atoms. The molecule has 2 aromatic rings. The average molecular weight is 353 g/mol. The highest BCUT2D eigenvalue weighted by atomic mass is 16.2. The van der Waals surface area contributed by atoms with Gasteiger partial charge in [0.1, 0.15) is 0 Å². The SMILES string of the molecule is C=CCN(Cc1cccn1Cc1ccccc1)C(=O)C(CC)CCCC. The van der Waals surface area contributed by atoms with Crippen molar-refractivity contribution in [3.63, 3.8) is 0 Å². The molecule has 0 aliphatic rings. The number of aromatic nitrogens is 1. The molecule has 2 rings (SSSR count). The normalized spacial score (nSPS) is 11.9. The van der Waals surface area contributed by atoms with Gasteiger partial charge in [-0.05, 0) is 30.5 Å². The summed E-state index contributed by atoms with van der Waals surface area (Å²) >= 11 is 0. The van der Waals surface area contributed by atoms with E-state index in [1.165, 1.54) is 5.56 Å². The molecule has 1 atom stereocenters. The van der Waals surface area contributed by atoms with E-state index in [1.807, 2.05) is 17.0 Å². The van der Waals surface area contributed by atoms with E-state index in [-0.39, 0.29) is 11.8 Å². The van der Waals surface area contributed by atoms with Gasteiger partial charge in [0.25, 0.3) is 0 Å². The zero-order valence-corrected chi connectivity index (χ0v) is 16.2. The van der Waals surface area contributed by atoms with Gasteiger partial charge in [-0.3, -0.25) is 4.79 Å². The molecule has 0 fully saturated rings. The van der Waals surface area contributed by atoms with E-state index in [2.05, 4.69) is 67.6 Å². The minimum atomic E-state index is 0.118. The fourth-order valence-electron chi connectivity index (χ4n) is 3.32. The second kappa shape index (κ2) is 10.6. The molecule has 1 unspecified atom stereocenters. The molecular formula is C23H32N2O. The monoisotopic (exact) mass is 352 g/mol. The Hall–Kier alpha value is -2.29. The third kappa shape index (κ3) is 5.62. The first-order valence-corrected chi connectivity index (χ1v) is 9.77. The van der Waals surface area contributed by atoms with Crippen LogP contribution < -0.4 is 0 Å². The van der Waals surface area contributed by atoms with Crippen LogP contribution in [0, 0.1) is 5.92 Å². The quantitative estimate of drug-likeness (QED) is 0.506. The van der Waals surface area contributed by atoms with Gasteiger partial charge in [0.2, 0.25) is 5.91 Å². The number of carbonyl (C=O) groups excluding carboxylic acids is 1. The van der Waals surface area contributed by atoms with Crippen molar-refractivity contribution >= 4 is 5.91 Å².